The van der Waals surface area contributed by atoms with E-state index in [0.717, 1.165) is 38.2 Å². The van der Waals surface area contributed by atoms with Crippen molar-refractivity contribution in [2.75, 3.05) is 39.9 Å². The quantitative estimate of drug-likeness (QED) is 0.471. The van der Waals surface area contributed by atoms with Crippen molar-refractivity contribution in [3.05, 3.63) is 107 Å². The average Bonchev–Trinajstić information content (AvgIpc) is 2.89. The van der Waals surface area contributed by atoms with E-state index >= 15 is 0 Å². The molecule has 4 nitrogen and oxygen atoms in total. The Kier molecular flexibility index (Phi) is 10.2. The number of halogens is 2. The van der Waals surface area contributed by atoms with Crippen LogP contribution in [0, 0.1) is 0 Å². The molecular formula is C29H36Cl2N4. The Morgan fingerprint density at radius 1 is 0.829 bits per heavy atom. The Balaban J connectivity index is 0.00000171. The van der Waals surface area contributed by atoms with Gasteiger partial charge in [0.25, 0.3) is 0 Å². The zero-order valence-electron chi connectivity index (χ0n) is 20.4. The highest BCUT2D eigenvalue weighted by Crippen LogP contribution is 2.27. The van der Waals surface area contributed by atoms with Gasteiger partial charge in [-0.3, -0.25) is 9.89 Å². The van der Waals surface area contributed by atoms with Crippen LogP contribution in [0.5, 0.6) is 0 Å². The number of hydrogen-bond acceptors (Lipinski definition) is 4. The highest BCUT2D eigenvalue weighted by Gasteiger charge is 2.25. The summed E-state index contributed by atoms with van der Waals surface area (Å²) in [6.45, 7) is 5.27. The maximum Gasteiger partial charge on any atom is 0.110 e. The van der Waals surface area contributed by atoms with Crippen molar-refractivity contribution in [1.29, 1.82) is 0 Å². The number of benzene rings is 3. The van der Waals surface area contributed by atoms with Gasteiger partial charge in [-0.15, -0.1) is 24.8 Å². The van der Waals surface area contributed by atoms with Crippen molar-refractivity contribution in [2.45, 2.75) is 24.9 Å². The molecule has 3 aromatic carbocycles. The Hall–Kier alpha value is -2.37. The average molecular weight is 512 g/mol. The van der Waals surface area contributed by atoms with E-state index in [1.54, 1.807) is 0 Å². The molecule has 35 heavy (non-hydrogen) atoms. The molecule has 0 unspecified atom stereocenters. The minimum absolute atomic E-state index is 0. The topological polar surface area (TPSA) is 22.1 Å². The van der Waals surface area contributed by atoms with Gasteiger partial charge in [0.1, 0.15) is 6.67 Å². The third-order valence-corrected chi connectivity index (χ3v) is 7.11. The number of hydrogen-bond donors (Lipinski definition) is 0. The van der Waals surface area contributed by atoms with Gasteiger partial charge in [-0.1, -0.05) is 78.9 Å². The van der Waals surface area contributed by atoms with Gasteiger partial charge in [-0.05, 0) is 37.1 Å². The van der Waals surface area contributed by atoms with Crippen molar-refractivity contribution in [3.63, 3.8) is 0 Å². The molecule has 2 heterocycles. The number of rotatable bonds is 7. The second kappa shape index (κ2) is 13.1. The number of likely N-dealkylation sites (tertiary alicyclic amines) is 1. The lowest BCUT2D eigenvalue weighted by Gasteiger charge is -2.39. The van der Waals surface area contributed by atoms with E-state index in [1.165, 1.54) is 29.2 Å². The summed E-state index contributed by atoms with van der Waals surface area (Å²) in [6, 6.07) is 31.1. The van der Waals surface area contributed by atoms with Gasteiger partial charge in [0.2, 0.25) is 0 Å². The third-order valence-electron chi connectivity index (χ3n) is 7.11. The Morgan fingerprint density at radius 3 is 2.03 bits per heavy atom. The Labute approximate surface area is 221 Å². The van der Waals surface area contributed by atoms with Crippen LogP contribution in [-0.2, 0) is 0 Å². The number of likely N-dealkylation sites (N-methyl/N-ethyl adjacent to an activating group) is 1. The molecule has 5 rings (SSSR count). The summed E-state index contributed by atoms with van der Waals surface area (Å²) in [6.07, 6.45) is 4.73. The molecule has 186 valence electrons. The highest BCUT2D eigenvalue weighted by atomic mass is 35.5. The van der Waals surface area contributed by atoms with E-state index in [2.05, 4.69) is 113 Å². The lowest BCUT2D eigenvalue weighted by molar-refractivity contribution is 0.134. The monoisotopic (exact) mass is 510 g/mol. The van der Waals surface area contributed by atoms with Gasteiger partial charge in [-0.2, -0.15) is 0 Å². The van der Waals surface area contributed by atoms with Crippen molar-refractivity contribution in [3.8, 4) is 0 Å². The van der Waals surface area contributed by atoms with E-state index in [9.17, 15) is 0 Å². The smallest absolute Gasteiger partial charge is 0.110 e. The molecule has 1 fully saturated rings. The summed E-state index contributed by atoms with van der Waals surface area (Å²) in [5.74, 6) is 0. The zero-order valence-corrected chi connectivity index (χ0v) is 22.0. The van der Waals surface area contributed by atoms with E-state index in [0.29, 0.717) is 6.04 Å². The number of fused-ring (bicyclic) bond motifs is 1. The molecule has 2 aliphatic rings. The highest BCUT2D eigenvalue weighted by molar-refractivity contribution is 5.85. The number of nitrogens with zero attached hydrogens (tertiary/aromatic N) is 4. The molecule has 0 spiro atoms. The molecule has 0 aliphatic carbocycles. The van der Waals surface area contributed by atoms with E-state index in [1.807, 2.05) is 0 Å². The molecule has 0 bridgehead atoms. The van der Waals surface area contributed by atoms with E-state index in [4.69, 9.17) is 4.99 Å². The van der Waals surface area contributed by atoms with Gasteiger partial charge in [0.05, 0.1) is 11.4 Å². The first-order chi connectivity index (χ1) is 16.3. The van der Waals surface area contributed by atoms with Crippen molar-refractivity contribution in [1.82, 2.24) is 14.7 Å². The molecule has 6 heteroatoms. The van der Waals surface area contributed by atoms with Gasteiger partial charge in [0, 0.05) is 43.6 Å². The van der Waals surface area contributed by atoms with Crippen LogP contribution in [0.25, 0.3) is 6.20 Å². The predicted molar refractivity (Wildman–Crippen MR) is 150 cm³/mol. The van der Waals surface area contributed by atoms with Crippen LogP contribution >= 0.6 is 24.8 Å². The second-order valence-electron chi connectivity index (χ2n) is 9.28. The summed E-state index contributed by atoms with van der Waals surface area (Å²) in [5, 5.41) is 2.38. The maximum atomic E-state index is 4.78. The van der Waals surface area contributed by atoms with Gasteiger partial charge >= 0.3 is 0 Å². The first-order valence-corrected chi connectivity index (χ1v) is 12.2. The zero-order chi connectivity index (χ0) is 22.5. The van der Waals surface area contributed by atoms with Crippen LogP contribution in [0.4, 0.5) is 0 Å². The minimum Gasteiger partial charge on any atom is -0.355 e. The minimum atomic E-state index is 0. The number of para-hydroxylation sites is 1. The predicted octanol–water partition coefficient (Wildman–Crippen LogP) is 4.35. The van der Waals surface area contributed by atoms with Crippen LogP contribution < -0.4 is 10.6 Å². The van der Waals surface area contributed by atoms with Crippen LogP contribution in [0.2, 0.25) is 0 Å². The second-order valence-corrected chi connectivity index (χ2v) is 9.28. The van der Waals surface area contributed by atoms with E-state index < -0.39 is 0 Å². The van der Waals surface area contributed by atoms with Crippen molar-refractivity contribution < 1.29 is 0 Å². The molecular weight excluding hydrogens is 475 g/mol. The lowest BCUT2D eigenvalue weighted by atomic mass is 9.97. The molecule has 0 radical (unpaired) electrons. The largest absolute Gasteiger partial charge is 0.355 e. The van der Waals surface area contributed by atoms with Crippen LogP contribution in [0.1, 0.15) is 30.0 Å². The summed E-state index contributed by atoms with van der Waals surface area (Å²) in [5.41, 5.74) is 2.71. The number of piperidine rings is 1. The molecule has 0 aromatic heterocycles. The summed E-state index contributed by atoms with van der Waals surface area (Å²) < 4.78 is 0. The van der Waals surface area contributed by atoms with Crippen molar-refractivity contribution >= 4 is 31.0 Å². The molecule has 0 atom stereocenters. The fraction of sp³-hybridized carbons (Fsp3) is 0.345. The lowest BCUT2D eigenvalue weighted by Crippen LogP contribution is -2.47. The maximum absolute atomic E-state index is 4.78. The Morgan fingerprint density at radius 2 is 1.40 bits per heavy atom. The molecule has 0 saturated carbocycles. The summed E-state index contributed by atoms with van der Waals surface area (Å²) >= 11 is 0. The normalized spacial score (nSPS) is 16.0. The van der Waals surface area contributed by atoms with Gasteiger partial charge in [0.15, 0.2) is 0 Å². The van der Waals surface area contributed by atoms with E-state index in [-0.39, 0.29) is 30.9 Å². The van der Waals surface area contributed by atoms with Crippen molar-refractivity contribution in [2.24, 2.45) is 4.99 Å². The van der Waals surface area contributed by atoms with Gasteiger partial charge in [-0.25, -0.2) is 0 Å². The molecule has 3 aromatic rings. The summed E-state index contributed by atoms with van der Waals surface area (Å²) in [4.78, 5) is 12.4. The first-order valence-electron chi connectivity index (χ1n) is 12.2. The van der Waals surface area contributed by atoms with Crippen LogP contribution in [-0.4, -0.2) is 60.6 Å². The first kappa shape index (κ1) is 27.2. The molecule has 1 saturated heterocycles. The molecule has 2 aliphatic heterocycles. The van der Waals surface area contributed by atoms with Crippen LogP contribution in [0.15, 0.2) is 89.9 Å². The SMILES string of the molecule is CN(CCN1CCC(N2C=c3ccccc3=NC2)CC1)C(c1ccccc1)c1ccccc1.Cl.Cl. The van der Waals surface area contributed by atoms with Crippen LogP contribution in [0.3, 0.4) is 0 Å². The Bertz CT molecular complexity index is 1110. The fourth-order valence-corrected chi connectivity index (χ4v) is 5.21. The summed E-state index contributed by atoms with van der Waals surface area (Å²) in [7, 11) is 2.26. The fourth-order valence-electron chi connectivity index (χ4n) is 5.21. The molecule has 0 amide bonds. The standard InChI is InChI=1S/C29H34N4.2ClH/c1-31(29(24-10-4-2-5-11-24)25-12-6-3-7-13-25)20-21-32-18-16-27(17-19-32)33-22-26-14-8-9-15-28(26)30-23-33;;/h2-15,22,27,29H,16-21,23H2,1H3;2*1H. The van der Waals surface area contributed by atoms with Gasteiger partial charge < -0.3 is 9.80 Å². The third kappa shape index (κ3) is 6.65. The molecule has 0 N–H and O–H groups in total.